The van der Waals surface area contributed by atoms with E-state index in [2.05, 4.69) is 10.2 Å². The third-order valence-electron chi connectivity index (χ3n) is 5.49. The van der Waals surface area contributed by atoms with Gasteiger partial charge in [0.25, 0.3) is 5.91 Å². The molecule has 5 nitrogen and oxygen atoms in total. The average molecular weight is 351 g/mol. The number of amides is 1. The van der Waals surface area contributed by atoms with Crippen molar-refractivity contribution in [2.24, 2.45) is 11.7 Å². The first kappa shape index (κ1) is 17.2. The normalized spacial score (nSPS) is 25.7. The number of nitrogens with one attached hydrogen (secondary N) is 1. The highest BCUT2D eigenvalue weighted by Gasteiger charge is 2.45. The predicted molar refractivity (Wildman–Crippen MR) is 102 cm³/mol. The number of ether oxygens (including phenoxy) is 1. The van der Waals surface area contributed by atoms with Crippen LogP contribution in [0.5, 0.6) is 0 Å². The zero-order valence-corrected chi connectivity index (χ0v) is 14.9. The Hall–Kier alpha value is -2.21. The average Bonchev–Trinajstić information content (AvgIpc) is 2.98. The molecule has 2 saturated heterocycles. The molecule has 2 fully saturated rings. The fourth-order valence-electron chi connectivity index (χ4n) is 3.96. The van der Waals surface area contributed by atoms with Gasteiger partial charge in [-0.05, 0) is 36.2 Å². The molecule has 0 bridgehead atoms. The number of nitrogens with two attached hydrogens (primary N) is 1. The molecule has 0 saturated carbocycles. The highest BCUT2D eigenvalue weighted by molar-refractivity contribution is 6.04. The smallest absolute Gasteiger partial charge is 0.255 e. The zero-order valence-electron chi connectivity index (χ0n) is 14.9. The summed E-state index contributed by atoms with van der Waals surface area (Å²) >= 11 is 0. The Balaban J connectivity index is 1.37. The summed E-state index contributed by atoms with van der Waals surface area (Å²) in [5, 5.41) is 2.91. The SMILES string of the molecule is N[C@@]12CCOC[C@@H]1CN(Cc1ccc(C(=O)Nc3ccccc3)cc1)C2. The molecule has 0 unspecified atom stereocenters. The van der Waals surface area contributed by atoms with Crippen molar-refractivity contribution in [1.29, 1.82) is 0 Å². The molecule has 4 rings (SSSR count). The van der Waals surface area contributed by atoms with Crippen LogP contribution in [0.3, 0.4) is 0 Å². The summed E-state index contributed by atoms with van der Waals surface area (Å²) in [5.74, 6) is 0.333. The summed E-state index contributed by atoms with van der Waals surface area (Å²) in [6.45, 7) is 4.29. The van der Waals surface area contributed by atoms with Crippen LogP contribution in [0.15, 0.2) is 54.6 Å². The Morgan fingerprint density at radius 2 is 1.96 bits per heavy atom. The standard InChI is InChI=1S/C21H25N3O2/c22-21-10-11-26-14-18(21)13-24(15-21)12-16-6-8-17(9-7-16)20(25)23-19-4-2-1-3-5-19/h1-9,18H,10-15,22H2,(H,23,25)/t18-,21+/m0/s1. The number of carbonyl (C=O) groups is 1. The number of benzene rings is 2. The van der Waals surface area contributed by atoms with Gasteiger partial charge in [-0.1, -0.05) is 30.3 Å². The number of rotatable bonds is 4. The van der Waals surface area contributed by atoms with Gasteiger partial charge >= 0.3 is 0 Å². The van der Waals surface area contributed by atoms with Crippen LogP contribution in [0.2, 0.25) is 0 Å². The largest absolute Gasteiger partial charge is 0.381 e. The molecule has 0 aliphatic carbocycles. The first-order valence-electron chi connectivity index (χ1n) is 9.17. The van der Waals surface area contributed by atoms with E-state index in [1.165, 1.54) is 5.56 Å². The number of carbonyl (C=O) groups excluding carboxylic acids is 1. The molecule has 1 amide bonds. The van der Waals surface area contributed by atoms with Crippen molar-refractivity contribution in [2.45, 2.75) is 18.5 Å². The second-order valence-electron chi connectivity index (χ2n) is 7.44. The molecular weight excluding hydrogens is 326 g/mol. The van der Waals surface area contributed by atoms with Gasteiger partial charge in [0.05, 0.1) is 6.61 Å². The molecule has 26 heavy (non-hydrogen) atoms. The molecule has 2 heterocycles. The van der Waals surface area contributed by atoms with E-state index in [9.17, 15) is 4.79 Å². The first-order chi connectivity index (χ1) is 12.6. The number of fused-ring (bicyclic) bond motifs is 1. The van der Waals surface area contributed by atoms with Crippen LogP contribution in [0.25, 0.3) is 0 Å². The molecule has 2 aliphatic heterocycles. The van der Waals surface area contributed by atoms with Crippen molar-refractivity contribution in [2.75, 3.05) is 31.6 Å². The molecule has 0 spiro atoms. The second-order valence-corrected chi connectivity index (χ2v) is 7.44. The van der Waals surface area contributed by atoms with E-state index < -0.39 is 0 Å². The number of para-hydroxylation sites is 1. The maximum absolute atomic E-state index is 12.3. The minimum absolute atomic E-state index is 0.0898. The van der Waals surface area contributed by atoms with Gasteiger partial charge in [-0.3, -0.25) is 9.69 Å². The lowest BCUT2D eigenvalue weighted by Gasteiger charge is -2.34. The number of anilines is 1. The first-order valence-corrected chi connectivity index (χ1v) is 9.17. The molecule has 2 aromatic rings. The van der Waals surface area contributed by atoms with Crippen molar-refractivity contribution in [3.63, 3.8) is 0 Å². The van der Waals surface area contributed by atoms with Crippen LogP contribution in [-0.2, 0) is 11.3 Å². The minimum Gasteiger partial charge on any atom is -0.381 e. The van der Waals surface area contributed by atoms with E-state index >= 15 is 0 Å². The summed E-state index contributed by atoms with van der Waals surface area (Å²) in [4.78, 5) is 14.7. The van der Waals surface area contributed by atoms with E-state index in [0.717, 1.165) is 45.0 Å². The van der Waals surface area contributed by atoms with Gasteiger partial charge in [0.2, 0.25) is 0 Å². The van der Waals surface area contributed by atoms with Gasteiger partial charge < -0.3 is 15.8 Å². The number of hydrogen-bond donors (Lipinski definition) is 2. The summed E-state index contributed by atoms with van der Waals surface area (Å²) in [7, 11) is 0. The summed E-state index contributed by atoms with van der Waals surface area (Å²) in [6.07, 6.45) is 0.937. The van der Waals surface area contributed by atoms with Gasteiger partial charge in [0.15, 0.2) is 0 Å². The third kappa shape index (κ3) is 3.65. The summed E-state index contributed by atoms with van der Waals surface area (Å²) in [6, 6.07) is 17.3. The predicted octanol–water partition coefficient (Wildman–Crippen LogP) is 2.49. The molecule has 3 N–H and O–H groups in total. The van der Waals surface area contributed by atoms with E-state index in [0.29, 0.717) is 11.5 Å². The van der Waals surface area contributed by atoms with Gasteiger partial charge in [0, 0.05) is 48.9 Å². The van der Waals surface area contributed by atoms with Crippen LogP contribution in [0.4, 0.5) is 5.69 Å². The quantitative estimate of drug-likeness (QED) is 0.888. The Morgan fingerprint density at radius 3 is 2.69 bits per heavy atom. The maximum Gasteiger partial charge on any atom is 0.255 e. The van der Waals surface area contributed by atoms with Crippen molar-refractivity contribution in [1.82, 2.24) is 4.90 Å². The fraction of sp³-hybridized carbons (Fsp3) is 0.381. The van der Waals surface area contributed by atoms with Gasteiger partial charge in [0.1, 0.15) is 0 Å². The molecule has 0 radical (unpaired) electrons. The van der Waals surface area contributed by atoms with Gasteiger partial charge in [-0.15, -0.1) is 0 Å². The van der Waals surface area contributed by atoms with Crippen molar-refractivity contribution in [3.8, 4) is 0 Å². The van der Waals surface area contributed by atoms with Crippen LogP contribution in [0.1, 0.15) is 22.3 Å². The highest BCUT2D eigenvalue weighted by Crippen LogP contribution is 2.32. The fourth-order valence-corrected chi connectivity index (χ4v) is 3.96. The molecule has 2 atom stereocenters. The highest BCUT2D eigenvalue weighted by atomic mass is 16.5. The summed E-state index contributed by atoms with van der Waals surface area (Å²) in [5.41, 5.74) is 9.13. The van der Waals surface area contributed by atoms with Gasteiger partial charge in [-0.25, -0.2) is 0 Å². The van der Waals surface area contributed by atoms with Crippen molar-refractivity contribution in [3.05, 3.63) is 65.7 Å². The van der Waals surface area contributed by atoms with Crippen LogP contribution in [0, 0.1) is 5.92 Å². The minimum atomic E-state index is -0.103. The lowest BCUT2D eigenvalue weighted by molar-refractivity contribution is 0.0241. The van der Waals surface area contributed by atoms with E-state index in [1.807, 2.05) is 54.6 Å². The number of hydrogen-bond acceptors (Lipinski definition) is 4. The number of likely N-dealkylation sites (tertiary alicyclic amines) is 1. The number of nitrogens with zero attached hydrogens (tertiary/aromatic N) is 1. The van der Waals surface area contributed by atoms with Gasteiger partial charge in [-0.2, -0.15) is 0 Å². The maximum atomic E-state index is 12.3. The Bertz CT molecular complexity index is 763. The Labute approximate surface area is 154 Å². The molecule has 5 heteroatoms. The van der Waals surface area contributed by atoms with E-state index in [-0.39, 0.29) is 11.4 Å². The van der Waals surface area contributed by atoms with E-state index in [1.54, 1.807) is 0 Å². The second kappa shape index (κ2) is 7.19. The monoisotopic (exact) mass is 351 g/mol. The Morgan fingerprint density at radius 1 is 1.19 bits per heavy atom. The van der Waals surface area contributed by atoms with E-state index in [4.69, 9.17) is 10.5 Å². The van der Waals surface area contributed by atoms with Crippen molar-refractivity contribution < 1.29 is 9.53 Å². The molecule has 0 aromatic heterocycles. The van der Waals surface area contributed by atoms with Crippen LogP contribution in [-0.4, -0.2) is 42.6 Å². The third-order valence-corrected chi connectivity index (χ3v) is 5.49. The lowest BCUT2D eigenvalue weighted by atomic mass is 9.84. The Kier molecular flexibility index (Phi) is 4.76. The van der Waals surface area contributed by atoms with Crippen LogP contribution < -0.4 is 11.1 Å². The molecule has 136 valence electrons. The van der Waals surface area contributed by atoms with Crippen molar-refractivity contribution >= 4 is 11.6 Å². The topological polar surface area (TPSA) is 67.6 Å². The summed E-state index contributed by atoms with van der Waals surface area (Å²) < 4.78 is 5.59. The molecular formula is C21H25N3O2. The lowest BCUT2D eigenvalue weighted by Crippen LogP contribution is -2.52. The van der Waals surface area contributed by atoms with Crippen LogP contribution >= 0.6 is 0 Å². The molecule has 2 aliphatic rings. The zero-order chi connectivity index (χ0) is 18.0. The molecule has 2 aromatic carbocycles.